The second-order valence-electron chi connectivity index (χ2n) is 8.81. The van der Waals surface area contributed by atoms with Crippen molar-refractivity contribution in [2.75, 3.05) is 5.73 Å². The maximum Gasteiger partial charge on any atom is 0.0641 e. The van der Waals surface area contributed by atoms with Gasteiger partial charge in [0.05, 0.1) is 5.41 Å². The molecule has 0 saturated carbocycles. The molecule has 0 aromatic heterocycles. The molecule has 0 saturated heterocycles. The molecule has 0 radical (unpaired) electrons. The summed E-state index contributed by atoms with van der Waals surface area (Å²) >= 11 is 0. The first-order valence-corrected chi connectivity index (χ1v) is 11.7. The summed E-state index contributed by atoms with van der Waals surface area (Å²) in [5.41, 5.74) is 16.4. The summed E-state index contributed by atoms with van der Waals surface area (Å²) in [5, 5.41) is 0. The van der Waals surface area contributed by atoms with Gasteiger partial charge in [0, 0.05) is 5.69 Å². The van der Waals surface area contributed by atoms with E-state index in [-0.39, 0.29) is 0 Å². The van der Waals surface area contributed by atoms with Gasteiger partial charge in [-0.1, -0.05) is 127 Å². The molecule has 0 amide bonds. The molecule has 34 heavy (non-hydrogen) atoms. The smallest absolute Gasteiger partial charge is 0.0641 e. The number of benzene rings is 5. The normalized spacial score (nSPS) is 13.5. The molecule has 0 spiro atoms. The molecule has 0 aliphatic heterocycles. The van der Waals surface area contributed by atoms with Crippen molar-refractivity contribution < 1.29 is 0 Å². The summed E-state index contributed by atoms with van der Waals surface area (Å²) in [6.45, 7) is 0. The van der Waals surface area contributed by atoms with Gasteiger partial charge in [0.15, 0.2) is 0 Å². The van der Waals surface area contributed by atoms with E-state index in [1.807, 2.05) is 6.07 Å². The molecule has 5 aromatic carbocycles. The molecule has 0 atom stereocenters. The van der Waals surface area contributed by atoms with Gasteiger partial charge in [-0.15, -0.1) is 0 Å². The largest absolute Gasteiger partial charge is 0.399 e. The number of nitrogens with two attached hydrogens (primary N) is 1. The fraction of sp³-hybridized carbons (Fsp3) is 0.0303. The highest BCUT2D eigenvalue weighted by Crippen LogP contribution is 2.49. The zero-order valence-electron chi connectivity index (χ0n) is 18.9. The van der Waals surface area contributed by atoms with Crippen molar-refractivity contribution >= 4 is 11.3 Å². The number of rotatable bonds is 4. The van der Waals surface area contributed by atoms with Crippen molar-refractivity contribution in [3.05, 3.63) is 167 Å². The third kappa shape index (κ3) is 3.17. The summed E-state index contributed by atoms with van der Waals surface area (Å²) < 4.78 is 0. The van der Waals surface area contributed by atoms with Crippen molar-refractivity contribution in [1.82, 2.24) is 0 Å². The maximum atomic E-state index is 6.30. The first-order valence-electron chi connectivity index (χ1n) is 11.7. The number of allylic oxidation sites excluding steroid dienone is 1. The molecule has 162 valence electrons. The van der Waals surface area contributed by atoms with Crippen molar-refractivity contribution in [1.29, 1.82) is 0 Å². The lowest BCUT2D eigenvalue weighted by Crippen LogP contribution is -2.27. The van der Waals surface area contributed by atoms with E-state index in [9.17, 15) is 0 Å². The number of anilines is 1. The van der Waals surface area contributed by atoms with Gasteiger partial charge in [0.25, 0.3) is 0 Å². The van der Waals surface area contributed by atoms with Gasteiger partial charge in [-0.05, 0) is 56.6 Å². The van der Waals surface area contributed by atoms with Crippen LogP contribution in [0.4, 0.5) is 5.69 Å². The molecular formula is C33H25N. The summed E-state index contributed by atoms with van der Waals surface area (Å²) in [6.07, 6.45) is 2.46. The summed E-state index contributed by atoms with van der Waals surface area (Å²) in [6, 6.07) is 47.4. The van der Waals surface area contributed by atoms with Crippen molar-refractivity contribution in [2.45, 2.75) is 5.41 Å². The summed E-state index contributed by atoms with van der Waals surface area (Å²) in [4.78, 5) is 0. The number of fused-ring (bicyclic) bond motifs is 3. The van der Waals surface area contributed by atoms with Crippen LogP contribution >= 0.6 is 0 Å². The van der Waals surface area contributed by atoms with E-state index in [4.69, 9.17) is 5.73 Å². The predicted molar refractivity (Wildman–Crippen MR) is 143 cm³/mol. The third-order valence-corrected chi connectivity index (χ3v) is 6.89. The monoisotopic (exact) mass is 435 g/mol. The Morgan fingerprint density at radius 2 is 0.882 bits per heavy atom. The van der Waals surface area contributed by atoms with Gasteiger partial charge in [0.1, 0.15) is 0 Å². The molecule has 5 aromatic rings. The molecule has 1 nitrogen and oxygen atoms in total. The minimum atomic E-state index is -0.474. The van der Waals surface area contributed by atoms with Crippen molar-refractivity contribution in [3.63, 3.8) is 0 Å². The zero-order chi connectivity index (χ0) is 23.0. The molecule has 1 aliphatic carbocycles. The SMILES string of the molecule is Nc1ccc2c(c1)/C(=C/C(c1ccccc1)(c1ccccc1)c1ccccc1)c1ccccc1-2. The minimum Gasteiger partial charge on any atom is -0.399 e. The summed E-state index contributed by atoms with van der Waals surface area (Å²) in [7, 11) is 0. The van der Waals surface area contributed by atoms with Crippen LogP contribution in [0.3, 0.4) is 0 Å². The Hall–Kier alpha value is -4.36. The Morgan fingerprint density at radius 1 is 0.441 bits per heavy atom. The fourth-order valence-corrected chi connectivity index (χ4v) is 5.34. The van der Waals surface area contributed by atoms with Gasteiger partial charge >= 0.3 is 0 Å². The Kier molecular flexibility index (Phi) is 4.89. The first kappa shape index (κ1) is 20.3. The van der Waals surface area contributed by atoms with E-state index < -0.39 is 5.41 Å². The van der Waals surface area contributed by atoms with Gasteiger partial charge in [-0.25, -0.2) is 0 Å². The maximum absolute atomic E-state index is 6.30. The highest BCUT2D eigenvalue weighted by atomic mass is 14.5. The standard InChI is InChI=1S/C33H25N/c34-27-20-21-30-28-18-10-11-19-29(28)32(31(30)22-27)23-33(24-12-4-1-5-13-24,25-14-6-2-7-15-25)26-16-8-3-9-17-26/h1-23H,34H2/b32-23+. The van der Waals surface area contributed by atoms with Crippen LogP contribution in [-0.2, 0) is 5.41 Å². The van der Waals surface area contributed by atoms with Crippen LogP contribution in [0.2, 0.25) is 0 Å². The van der Waals surface area contributed by atoms with Gasteiger partial charge in [0.2, 0.25) is 0 Å². The predicted octanol–water partition coefficient (Wildman–Crippen LogP) is 7.72. The first-order chi connectivity index (χ1) is 16.8. The van der Waals surface area contributed by atoms with Gasteiger partial charge < -0.3 is 5.73 Å². The molecule has 0 bridgehead atoms. The Balaban J connectivity index is 1.75. The highest BCUT2D eigenvalue weighted by Gasteiger charge is 2.36. The van der Waals surface area contributed by atoms with E-state index in [1.54, 1.807) is 0 Å². The molecular weight excluding hydrogens is 410 g/mol. The van der Waals surface area contributed by atoms with E-state index in [2.05, 4.69) is 133 Å². The Labute approximate surface area is 200 Å². The van der Waals surface area contributed by atoms with Crippen LogP contribution in [0.25, 0.3) is 16.7 Å². The van der Waals surface area contributed by atoms with Crippen LogP contribution in [0.5, 0.6) is 0 Å². The van der Waals surface area contributed by atoms with Crippen LogP contribution < -0.4 is 5.73 Å². The van der Waals surface area contributed by atoms with Crippen LogP contribution in [0.15, 0.2) is 140 Å². The third-order valence-electron chi connectivity index (χ3n) is 6.89. The van der Waals surface area contributed by atoms with Crippen molar-refractivity contribution in [2.24, 2.45) is 0 Å². The lowest BCUT2D eigenvalue weighted by atomic mass is 9.68. The zero-order valence-corrected chi connectivity index (χ0v) is 18.9. The Morgan fingerprint density at radius 3 is 1.41 bits per heavy atom. The average molecular weight is 436 g/mol. The lowest BCUT2D eigenvalue weighted by molar-refractivity contribution is 0.780. The van der Waals surface area contributed by atoms with E-state index >= 15 is 0 Å². The topological polar surface area (TPSA) is 26.0 Å². The van der Waals surface area contributed by atoms with Crippen LogP contribution in [0, 0.1) is 0 Å². The average Bonchev–Trinajstić information content (AvgIpc) is 3.21. The van der Waals surface area contributed by atoms with E-state index in [1.165, 1.54) is 44.5 Å². The molecule has 0 heterocycles. The fourth-order valence-electron chi connectivity index (χ4n) is 5.34. The second kappa shape index (κ2) is 8.20. The number of nitrogen functional groups attached to an aromatic ring is 1. The van der Waals surface area contributed by atoms with Crippen molar-refractivity contribution in [3.8, 4) is 11.1 Å². The molecule has 1 heteroatoms. The lowest BCUT2D eigenvalue weighted by Gasteiger charge is -2.34. The quantitative estimate of drug-likeness (QED) is 0.223. The molecule has 1 aliphatic rings. The highest BCUT2D eigenvalue weighted by molar-refractivity contribution is 6.02. The molecule has 0 fully saturated rings. The van der Waals surface area contributed by atoms with Crippen LogP contribution in [-0.4, -0.2) is 0 Å². The van der Waals surface area contributed by atoms with E-state index in [0.29, 0.717) is 0 Å². The Bertz CT molecular complexity index is 1390. The molecule has 0 unspecified atom stereocenters. The summed E-state index contributed by atoms with van der Waals surface area (Å²) in [5.74, 6) is 0. The van der Waals surface area contributed by atoms with Gasteiger partial charge in [-0.2, -0.15) is 0 Å². The minimum absolute atomic E-state index is 0.474. The number of hydrogen-bond donors (Lipinski definition) is 1. The van der Waals surface area contributed by atoms with E-state index in [0.717, 1.165) is 5.69 Å². The number of hydrogen-bond acceptors (Lipinski definition) is 1. The van der Waals surface area contributed by atoms with Crippen LogP contribution in [0.1, 0.15) is 27.8 Å². The van der Waals surface area contributed by atoms with Gasteiger partial charge in [-0.3, -0.25) is 0 Å². The second-order valence-corrected chi connectivity index (χ2v) is 8.81. The molecule has 2 N–H and O–H groups in total. The molecule has 6 rings (SSSR count).